The van der Waals surface area contributed by atoms with E-state index in [1.807, 2.05) is 0 Å². The molecular weight excluding hydrogens is 556 g/mol. The van der Waals surface area contributed by atoms with Gasteiger partial charge in [-0.25, -0.2) is 0 Å². The molecule has 46 heavy (non-hydrogen) atoms. The van der Waals surface area contributed by atoms with Crippen molar-refractivity contribution in [1.82, 2.24) is 4.57 Å². The first kappa shape index (κ1) is 27.0. The second-order valence-corrected chi connectivity index (χ2v) is 13.9. The molecule has 2 aliphatic heterocycles. The Kier molecular flexibility index (Phi) is 5.63. The van der Waals surface area contributed by atoms with Crippen molar-refractivity contribution in [3.05, 3.63) is 162 Å². The van der Waals surface area contributed by atoms with E-state index < -0.39 is 0 Å². The van der Waals surface area contributed by atoms with Gasteiger partial charge in [0.1, 0.15) is 0 Å². The summed E-state index contributed by atoms with van der Waals surface area (Å²) in [6.45, 7) is 9.44. The molecule has 0 aliphatic carbocycles. The number of hydrogen-bond acceptors (Lipinski definition) is 1. The molecule has 0 unspecified atom stereocenters. The molecule has 0 fully saturated rings. The summed E-state index contributed by atoms with van der Waals surface area (Å²) < 4.78 is 2.39. The number of allylic oxidation sites excluding steroid dienone is 1. The molecule has 0 atom stereocenters. The van der Waals surface area contributed by atoms with E-state index >= 15 is 0 Å². The van der Waals surface area contributed by atoms with Gasteiger partial charge in [0, 0.05) is 39.2 Å². The predicted molar refractivity (Wildman–Crippen MR) is 195 cm³/mol. The van der Waals surface area contributed by atoms with Crippen LogP contribution in [0.15, 0.2) is 146 Å². The molecule has 2 heteroatoms. The van der Waals surface area contributed by atoms with Gasteiger partial charge in [-0.2, -0.15) is 0 Å². The zero-order valence-corrected chi connectivity index (χ0v) is 26.8. The van der Waals surface area contributed by atoms with E-state index in [-0.39, 0.29) is 10.8 Å². The van der Waals surface area contributed by atoms with Crippen LogP contribution in [0.4, 0.5) is 11.4 Å². The average Bonchev–Trinajstić information content (AvgIpc) is 3.43. The molecule has 222 valence electrons. The van der Waals surface area contributed by atoms with Crippen molar-refractivity contribution in [2.24, 2.45) is 0 Å². The molecule has 0 N–H and O–H groups in total. The summed E-state index contributed by atoms with van der Waals surface area (Å²) in [6.07, 6.45) is 4.66. The second-order valence-electron chi connectivity index (χ2n) is 13.9. The number of para-hydroxylation sites is 3. The van der Waals surface area contributed by atoms with Gasteiger partial charge in [-0.3, -0.25) is 0 Å². The molecule has 0 amide bonds. The lowest BCUT2D eigenvalue weighted by Crippen LogP contribution is -2.35. The van der Waals surface area contributed by atoms with Gasteiger partial charge >= 0.3 is 0 Å². The fraction of sp³-hybridized carbons (Fsp3) is 0.136. The number of aromatic nitrogens is 1. The summed E-state index contributed by atoms with van der Waals surface area (Å²) in [6, 6.07) is 49.1. The van der Waals surface area contributed by atoms with Crippen LogP contribution in [0.5, 0.6) is 0 Å². The van der Waals surface area contributed by atoms with Gasteiger partial charge in [0.15, 0.2) is 0 Å². The van der Waals surface area contributed by atoms with Crippen LogP contribution in [0, 0.1) is 0 Å². The standard InChI is InChI=1S/C44H36N2/c1-43(2)27-28-45-38-19-11-9-17-35(38)44(3,4)36-26-25-33(41(43)42(36)45)30-23-21-29(22-24-30)32-16-12-20-39-40(32)34-15-8-10-18-37(34)46(39)31-13-6-5-7-14-31/h5-28H,1-4H3. The van der Waals surface area contributed by atoms with E-state index in [1.54, 1.807) is 0 Å². The third-order valence-corrected chi connectivity index (χ3v) is 10.4. The molecular formula is C44H36N2. The zero-order chi connectivity index (χ0) is 31.2. The van der Waals surface area contributed by atoms with Gasteiger partial charge in [-0.1, -0.05) is 137 Å². The highest BCUT2D eigenvalue weighted by molar-refractivity contribution is 6.15. The minimum absolute atomic E-state index is 0.0849. The molecule has 2 aliphatic rings. The van der Waals surface area contributed by atoms with Crippen molar-refractivity contribution < 1.29 is 0 Å². The topological polar surface area (TPSA) is 8.17 Å². The van der Waals surface area contributed by atoms with Gasteiger partial charge in [0.05, 0.1) is 16.7 Å². The number of benzene rings is 6. The Balaban J connectivity index is 1.21. The molecule has 0 radical (unpaired) electrons. The fourth-order valence-electron chi connectivity index (χ4n) is 8.16. The second kappa shape index (κ2) is 9.58. The van der Waals surface area contributed by atoms with Crippen LogP contribution < -0.4 is 4.90 Å². The van der Waals surface area contributed by atoms with E-state index in [4.69, 9.17) is 0 Å². The van der Waals surface area contributed by atoms with E-state index in [9.17, 15) is 0 Å². The monoisotopic (exact) mass is 592 g/mol. The lowest BCUT2D eigenvalue weighted by Gasteiger charge is -2.46. The van der Waals surface area contributed by atoms with E-state index in [0.717, 1.165) is 0 Å². The number of nitrogens with zero attached hydrogens (tertiary/aromatic N) is 2. The van der Waals surface area contributed by atoms with Crippen molar-refractivity contribution in [2.45, 2.75) is 38.5 Å². The molecule has 0 spiro atoms. The van der Waals surface area contributed by atoms with Crippen LogP contribution in [-0.2, 0) is 10.8 Å². The van der Waals surface area contributed by atoms with Crippen LogP contribution in [0.25, 0.3) is 49.7 Å². The molecule has 0 saturated carbocycles. The zero-order valence-electron chi connectivity index (χ0n) is 26.8. The largest absolute Gasteiger partial charge is 0.317 e. The van der Waals surface area contributed by atoms with E-state index in [2.05, 4.69) is 183 Å². The first-order chi connectivity index (χ1) is 22.3. The Morgan fingerprint density at radius 2 is 1.20 bits per heavy atom. The van der Waals surface area contributed by atoms with Crippen molar-refractivity contribution >= 4 is 33.2 Å². The lowest BCUT2D eigenvalue weighted by atomic mass is 9.68. The van der Waals surface area contributed by atoms with Gasteiger partial charge < -0.3 is 9.47 Å². The highest BCUT2D eigenvalue weighted by Gasteiger charge is 2.42. The SMILES string of the molecule is CC1(C)C=CN2c3ccccc3C(C)(C)c3ccc(-c4ccc(-c5cccc6c5c5ccccc5n6-c5ccccc5)cc4)c1c32. The molecule has 3 heterocycles. The number of hydrogen-bond donors (Lipinski definition) is 0. The summed E-state index contributed by atoms with van der Waals surface area (Å²) in [5.74, 6) is 0. The van der Waals surface area contributed by atoms with E-state index in [0.29, 0.717) is 0 Å². The highest BCUT2D eigenvalue weighted by Crippen LogP contribution is 2.56. The van der Waals surface area contributed by atoms with Crippen LogP contribution in [0.3, 0.4) is 0 Å². The van der Waals surface area contributed by atoms with E-state index in [1.165, 1.54) is 77.8 Å². The number of fused-ring (bicyclic) bond motifs is 5. The Morgan fingerprint density at radius 1 is 0.522 bits per heavy atom. The maximum absolute atomic E-state index is 2.43. The van der Waals surface area contributed by atoms with Crippen LogP contribution in [-0.4, -0.2) is 4.57 Å². The third-order valence-electron chi connectivity index (χ3n) is 10.4. The minimum atomic E-state index is -0.108. The van der Waals surface area contributed by atoms with Crippen molar-refractivity contribution in [1.29, 1.82) is 0 Å². The van der Waals surface area contributed by atoms with Crippen LogP contribution in [0.2, 0.25) is 0 Å². The van der Waals surface area contributed by atoms with Crippen LogP contribution >= 0.6 is 0 Å². The molecule has 1 aromatic heterocycles. The molecule has 7 aromatic rings. The highest BCUT2D eigenvalue weighted by atomic mass is 15.1. The Bertz CT molecular complexity index is 2350. The van der Waals surface area contributed by atoms with Gasteiger partial charge in [0.2, 0.25) is 0 Å². The molecule has 0 saturated heterocycles. The van der Waals surface area contributed by atoms with Crippen molar-refractivity contribution in [3.63, 3.8) is 0 Å². The lowest BCUT2D eigenvalue weighted by molar-refractivity contribution is 0.609. The Labute approximate surface area is 270 Å². The predicted octanol–water partition coefficient (Wildman–Crippen LogP) is 11.7. The third kappa shape index (κ3) is 3.70. The fourth-order valence-corrected chi connectivity index (χ4v) is 8.16. The first-order valence-electron chi connectivity index (χ1n) is 16.3. The normalized spacial score (nSPS) is 15.6. The molecule has 6 aromatic carbocycles. The first-order valence-corrected chi connectivity index (χ1v) is 16.3. The summed E-state index contributed by atoms with van der Waals surface area (Å²) in [5, 5.41) is 2.57. The number of rotatable bonds is 3. The summed E-state index contributed by atoms with van der Waals surface area (Å²) >= 11 is 0. The summed E-state index contributed by atoms with van der Waals surface area (Å²) in [5.41, 5.74) is 15.3. The number of anilines is 2. The molecule has 2 nitrogen and oxygen atoms in total. The Morgan fingerprint density at radius 3 is 2.00 bits per heavy atom. The Hall–Kier alpha value is -5.34. The maximum atomic E-state index is 2.43. The smallest absolute Gasteiger partial charge is 0.0547 e. The van der Waals surface area contributed by atoms with Crippen molar-refractivity contribution in [2.75, 3.05) is 4.90 Å². The maximum Gasteiger partial charge on any atom is 0.0547 e. The minimum Gasteiger partial charge on any atom is -0.317 e. The molecule has 0 bridgehead atoms. The van der Waals surface area contributed by atoms with Gasteiger partial charge in [-0.05, 0) is 69.3 Å². The molecule has 9 rings (SSSR count). The quantitative estimate of drug-likeness (QED) is 0.198. The summed E-state index contributed by atoms with van der Waals surface area (Å²) in [7, 11) is 0. The van der Waals surface area contributed by atoms with Crippen molar-refractivity contribution in [3.8, 4) is 27.9 Å². The van der Waals surface area contributed by atoms with Crippen LogP contribution in [0.1, 0.15) is 44.4 Å². The van der Waals surface area contributed by atoms with Gasteiger partial charge in [0.25, 0.3) is 0 Å². The average molecular weight is 593 g/mol. The summed E-state index contributed by atoms with van der Waals surface area (Å²) in [4.78, 5) is 2.43. The van der Waals surface area contributed by atoms with Gasteiger partial charge in [-0.15, -0.1) is 0 Å².